The first-order valence-electron chi connectivity index (χ1n) is 6.88. The Morgan fingerprint density at radius 2 is 2.00 bits per heavy atom. The second kappa shape index (κ2) is 6.84. The maximum atomic E-state index is 6.33. The molecule has 0 aliphatic carbocycles. The summed E-state index contributed by atoms with van der Waals surface area (Å²) in [6.45, 7) is 4.14. The number of rotatable bonds is 4. The largest absolute Gasteiger partial charge is 0.384 e. The van der Waals surface area contributed by atoms with Crippen molar-refractivity contribution in [3.05, 3.63) is 33.9 Å². The van der Waals surface area contributed by atoms with Crippen LogP contribution < -0.4 is 5.73 Å². The molecule has 3 rings (SSSR count). The zero-order chi connectivity index (χ0) is 16.6. The van der Waals surface area contributed by atoms with Crippen molar-refractivity contribution in [2.75, 3.05) is 12.0 Å². The molecule has 0 aliphatic heterocycles. The Morgan fingerprint density at radius 3 is 2.74 bits per heavy atom. The van der Waals surface area contributed by atoms with E-state index in [4.69, 9.17) is 17.3 Å². The lowest BCUT2D eigenvalue weighted by Gasteiger charge is -2.11. The summed E-state index contributed by atoms with van der Waals surface area (Å²) in [5.74, 6) is 0.481. The molecule has 3 aromatic rings. The maximum Gasteiger partial charge on any atom is 0.191 e. The zero-order valence-corrected chi connectivity index (χ0v) is 16.0. The van der Waals surface area contributed by atoms with Crippen molar-refractivity contribution >= 4 is 62.4 Å². The first-order chi connectivity index (χ1) is 11.0. The van der Waals surface area contributed by atoms with Gasteiger partial charge in [0.15, 0.2) is 5.16 Å². The van der Waals surface area contributed by atoms with E-state index in [1.165, 1.54) is 16.6 Å². The Bertz CT molecular complexity index is 865. The fourth-order valence-electron chi connectivity index (χ4n) is 2.16. The van der Waals surface area contributed by atoms with Crippen LogP contribution in [0.5, 0.6) is 0 Å². The van der Waals surface area contributed by atoms with Gasteiger partial charge >= 0.3 is 0 Å². The van der Waals surface area contributed by atoms with Gasteiger partial charge in [0.2, 0.25) is 0 Å². The summed E-state index contributed by atoms with van der Waals surface area (Å²) in [4.78, 5) is 14.5. The highest BCUT2D eigenvalue weighted by atomic mass is 35.5. The highest BCUT2D eigenvalue weighted by molar-refractivity contribution is 7.99. The Hall–Kier alpha value is -1.02. The van der Waals surface area contributed by atoms with Crippen LogP contribution in [0, 0.1) is 6.92 Å². The van der Waals surface area contributed by atoms with Crippen LogP contribution in [0.3, 0.4) is 0 Å². The monoisotopic (exact) mass is 382 g/mol. The number of thiophene rings is 1. The molecule has 8 heteroatoms. The molecular weight excluding hydrogens is 368 g/mol. The van der Waals surface area contributed by atoms with Crippen LogP contribution in [-0.4, -0.2) is 21.2 Å². The van der Waals surface area contributed by atoms with Gasteiger partial charge in [-0.05, 0) is 37.6 Å². The number of hydrogen-bond donors (Lipinski definition) is 1. The topological polar surface area (TPSA) is 64.7 Å². The van der Waals surface area contributed by atoms with Crippen LogP contribution in [0.2, 0.25) is 5.15 Å². The molecular formula is C15H15ClN4S3. The smallest absolute Gasteiger partial charge is 0.191 e. The lowest BCUT2D eigenvalue weighted by molar-refractivity contribution is 0.889. The number of nitrogen functional groups attached to an aromatic ring is 1. The molecule has 0 aromatic carbocycles. The standard InChI is InChI=1S/C15H15ClN4S3/c1-7-4-9-5-10(18-14(16)13(9)22-7)8(2)23-15-19-11(17)6-12(20-15)21-3/h4-6,8H,1-3H3,(H2,17,19,20). The molecule has 3 aromatic heterocycles. The summed E-state index contributed by atoms with van der Waals surface area (Å²) >= 11 is 11.1. The van der Waals surface area contributed by atoms with E-state index in [-0.39, 0.29) is 5.25 Å². The van der Waals surface area contributed by atoms with Gasteiger partial charge in [-0.15, -0.1) is 23.1 Å². The summed E-state index contributed by atoms with van der Waals surface area (Å²) in [5, 5.41) is 3.28. The van der Waals surface area contributed by atoms with Crippen molar-refractivity contribution in [3.63, 3.8) is 0 Å². The van der Waals surface area contributed by atoms with Crippen molar-refractivity contribution in [2.24, 2.45) is 0 Å². The number of thioether (sulfide) groups is 2. The molecule has 0 aliphatic rings. The summed E-state index contributed by atoms with van der Waals surface area (Å²) in [6.07, 6.45) is 1.97. The minimum absolute atomic E-state index is 0.0774. The third kappa shape index (κ3) is 3.74. The highest BCUT2D eigenvalue weighted by Crippen LogP contribution is 2.37. The second-order valence-corrected chi connectivity index (χ2v) is 8.74. The van der Waals surface area contributed by atoms with Crippen molar-refractivity contribution in [2.45, 2.75) is 29.3 Å². The normalized spacial score (nSPS) is 12.7. The van der Waals surface area contributed by atoms with E-state index in [2.05, 4.69) is 40.9 Å². The molecule has 0 saturated heterocycles. The van der Waals surface area contributed by atoms with Gasteiger partial charge in [0, 0.05) is 10.9 Å². The van der Waals surface area contributed by atoms with Gasteiger partial charge < -0.3 is 5.73 Å². The Labute approximate surface area is 152 Å². The number of fused-ring (bicyclic) bond motifs is 1. The van der Waals surface area contributed by atoms with Crippen molar-refractivity contribution in [1.29, 1.82) is 0 Å². The van der Waals surface area contributed by atoms with Crippen molar-refractivity contribution in [1.82, 2.24) is 15.0 Å². The van der Waals surface area contributed by atoms with Crippen LogP contribution in [0.25, 0.3) is 10.1 Å². The number of hydrogen-bond acceptors (Lipinski definition) is 7. The summed E-state index contributed by atoms with van der Waals surface area (Å²) in [5.41, 5.74) is 6.76. The molecule has 4 nitrogen and oxygen atoms in total. The number of aromatic nitrogens is 3. The van der Waals surface area contributed by atoms with E-state index in [1.807, 2.05) is 6.26 Å². The quantitative estimate of drug-likeness (QED) is 0.289. The number of anilines is 1. The van der Waals surface area contributed by atoms with E-state index in [0.29, 0.717) is 16.1 Å². The van der Waals surface area contributed by atoms with Crippen molar-refractivity contribution in [3.8, 4) is 0 Å². The molecule has 3 heterocycles. The first-order valence-corrected chi connectivity index (χ1v) is 10.2. The van der Waals surface area contributed by atoms with Gasteiger partial charge in [-0.25, -0.2) is 15.0 Å². The Kier molecular flexibility index (Phi) is 5.01. The lowest BCUT2D eigenvalue weighted by Crippen LogP contribution is -1.99. The molecule has 2 N–H and O–H groups in total. The Balaban J connectivity index is 1.91. The molecule has 120 valence electrons. The van der Waals surface area contributed by atoms with Crippen molar-refractivity contribution < 1.29 is 0 Å². The highest BCUT2D eigenvalue weighted by Gasteiger charge is 2.15. The third-order valence-corrected chi connectivity index (χ3v) is 6.29. The summed E-state index contributed by atoms with van der Waals surface area (Å²) in [6, 6.07) is 6.00. The van der Waals surface area contributed by atoms with E-state index in [0.717, 1.165) is 20.8 Å². The average Bonchev–Trinajstić information content (AvgIpc) is 2.87. The predicted octanol–water partition coefficient (Wildman–Crippen LogP) is 5.21. The number of nitrogens with two attached hydrogens (primary N) is 1. The summed E-state index contributed by atoms with van der Waals surface area (Å²) in [7, 11) is 0. The van der Waals surface area contributed by atoms with Gasteiger partial charge in [0.05, 0.1) is 15.6 Å². The molecule has 1 atom stereocenters. The van der Waals surface area contributed by atoms with E-state index >= 15 is 0 Å². The number of aryl methyl sites for hydroxylation is 1. The first kappa shape index (κ1) is 16.8. The predicted molar refractivity (Wildman–Crippen MR) is 102 cm³/mol. The zero-order valence-electron chi connectivity index (χ0n) is 12.8. The number of nitrogens with zero attached hydrogens (tertiary/aromatic N) is 3. The van der Waals surface area contributed by atoms with Crippen LogP contribution in [0.1, 0.15) is 22.7 Å². The summed E-state index contributed by atoms with van der Waals surface area (Å²) < 4.78 is 1.04. The molecule has 1 unspecified atom stereocenters. The van der Waals surface area contributed by atoms with Gasteiger partial charge in [-0.3, -0.25) is 0 Å². The lowest BCUT2D eigenvalue weighted by atomic mass is 10.2. The third-order valence-electron chi connectivity index (χ3n) is 3.21. The molecule has 0 saturated carbocycles. The number of halogens is 1. The minimum Gasteiger partial charge on any atom is -0.384 e. The molecule has 0 spiro atoms. The SMILES string of the molecule is CSc1cc(N)nc(SC(C)c2cc3cc(C)sc3c(Cl)n2)n1. The van der Waals surface area contributed by atoms with Crippen LogP contribution in [-0.2, 0) is 0 Å². The van der Waals surface area contributed by atoms with Crippen LogP contribution >= 0.6 is 46.5 Å². The van der Waals surface area contributed by atoms with Gasteiger partial charge in [-0.1, -0.05) is 23.4 Å². The van der Waals surface area contributed by atoms with Crippen LogP contribution in [0.4, 0.5) is 5.82 Å². The maximum absolute atomic E-state index is 6.33. The van der Waals surface area contributed by atoms with Gasteiger partial charge in [0.1, 0.15) is 16.0 Å². The van der Waals surface area contributed by atoms with E-state index in [9.17, 15) is 0 Å². The molecule has 0 bridgehead atoms. The molecule has 0 fully saturated rings. The van der Waals surface area contributed by atoms with Gasteiger partial charge in [0.25, 0.3) is 0 Å². The average molecular weight is 383 g/mol. The van der Waals surface area contributed by atoms with E-state index < -0.39 is 0 Å². The fourth-order valence-corrected chi connectivity index (χ4v) is 4.70. The molecule has 23 heavy (non-hydrogen) atoms. The second-order valence-electron chi connectivity index (χ2n) is 4.99. The number of pyridine rings is 1. The van der Waals surface area contributed by atoms with Gasteiger partial charge in [-0.2, -0.15) is 0 Å². The fraction of sp³-hybridized carbons (Fsp3) is 0.267. The molecule has 0 radical (unpaired) electrons. The molecule has 0 amide bonds. The van der Waals surface area contributed by atoms with Crippen LogP contribution in [0.15, 0.2) is 28.4 Å². The minimum atomic E-state index is 0.0774. The Morgan fingerprint density at radius 1 is 1.22 bits per heavy atom. The van der Waals surface area contributed by atoms with E-state index in [1.54, 1.807) is 29.2 Å².